The van der Waals surface area contributed by atoms with Gasteiger partial charge in [0.25, 0.3) is 0 Å². The minimum atomic E-state index is -0.456. The Labute approximate surface area is 100 Å². The van der Waals surface area contributed by atoms with E-state index in [-0.39, 0.29) is 25.7 Å². The summed E-state index contributed by atoms with van der Waals surface area (Å²) in [5, 5.41) is 8.75. The van der Waals surface area contributed by atoms with Crippen molar-refractivity contribution in [2.75, 3.05) is 25.6 Å². The molecule has 1 rings (SSSR count). The minimum absolute atomic E-state index is 0.00784. The highest BCUT2D eigenvalue weighted by Crippen LogP contribution is 2.12. The van der Waals surface area contributed by atoms with E-state index < -0.39 is 5.97 Å². The fourth-order valence-electron chi connectivity index (χ4n) is 1.04. The van der Waals surface area contributed by atoms with Gasteiger partial charge in [-0.1, -0.05) is 6.92 Å². The number of carbonyl (C=O) groups excluding carboxylic acids is 1. The number of hydrogen-bond donors (Lipinski definition) is 2. The van der Waals surface area contributed by atoms with Crippen LogP contribution in [-0.2, 0) is 9.53 Å². The summed E-state index contributed by atoms with van der Waals surface area (Å²) >= 11 is 0. The summed E-state index contributed by atoms with van der Waals surface area (Å²) < 4.78 is 10.1. The van der Waals surface area contributed by atoms with E-state index >= 15 is 0 Å². The van der Waals surface area contributed by atoms with Crippen molar-refractivity contribution >= 4 is 11.7 Å². The summed E-state index contributed by atoms with van der Waals surface area (Å²) in [6, 6.07) is 6.74. The lowest BCUT2D eigenvalue weighted by atomic mass is 10.2. The maximum Gasteiger partial charge on any atom is 0.344 e. The summed E-state index contributed by atoms with van der Waals surface area (Å²) in [6.45, 7) is 1.82. The quantitative estimate of drug-likeness (QED) is 0.567. The zero-order valence-electron chi connectivity index (χ0n) is 9.76. The molecule has 0 radical (unpaired) electrons. The number of carbonyl (C=O) groups is 1. The van der Waals surface area contributed by atoms with Crippen molar-refractivity contribution in [2.45, 2.75) is 6.92 Å². The van der Waals surface area contributed by atoms with Crippen molar-refractivity contribution in [1.29, 1.82) is 0 Å². The van der Waals surface area contributed by atoms with E-state index in [4.69, 9.17) is 20.3 Å². The van der Waals surface area contributed by atoms with Gasteiger partial charge in [0.15, 0.2) is 6.61 Å². The van der Waals surface area contributed by atoms with E-state index in [1.807, 2.05) is 0 Å². The van der Waals surface area contributed by atoms with Crippen LogP contribution in [0.2, 0.25) is 0 Å². The predicted octanol–water partition coefficient (Wildman–Crippen LogP) is 0.819. The van der Waals surface area contributed by atoms with Crippen molar-refractivity contribution in [3.05, 3.63) is 24.3 Å². The van der Waals surface area contributed by atoms with Gasteiger partial charge < -0.3 is 20.3 Å². The van der Waals surface area contributed by atoms with Crippen LogP contribution in [0.1, 0.15) is 6.92 Å². The lowest BCUT2D eigenvalue weighted by molar-refractivity contribution is -0.147. The van der Waals surface area contributed by atoms with Crippen molar-refractivity contribution in [3.8, 4) is 5.75 Å². The van der Waals surface area contributed by atoms with Crippen LogP contribution in [0.5, 0.6) is 5.75 Å². The second-order valence-electron chi connectivity index (χ2n) is 3.83. The van der Waals surface area contributed by atoms with Gasteiger partial charge >= 0.3 is 5.97 Å². The second kappa shape index (κ2) is 6.75. The Morgan fingerprint density at radius 1 is 1.41 bits per heavy atom. The Hall–Kier alpha value is -1.75. The summed E-state index contributed by atoms with van der Waals surface area (Å²) in [6.07, 6.45) is 0. The van der Waals surface area contributed by atoms with Gasteiger partial charge in [0.05, 0.1) is 6.61 Å². The molecule has 0 fully saturated rings. The first-order valence-corrected chi connectivity index (χ1v) is 5.36. The molecule has 0 heterocycles. The van der Waals surface area contributed by atoms with E-state index in [1.165, 1.54) is 0 Å². The van der Waals surface area contributed by atoms with Crippen LogP contribution in [0.25, 0.3) is 0 Å². The topological polar surface area (TPSA) is 81.8 Å². The van der Waals surface area contributed by atoms with E-state index in [9.17, 15) is 4.79 Å². The molecule has 1 atom stereocenters. The average molecular weight is 239 g/mol. The molecule has 94 valence electrons. The van der Waals surface area contributed by atoms with Gasteiger partial charge in [0.1, 0.15) is 5.75 Å². The maximum absolute atomic E-state index is 11.3. The summed E-state index contributed by atoms with van der Waals surface area (Å²) in [4.78, 5) is 11.3. The SMILES string of the molecule is CC(CO)COC(=O)COc1ccc(N)cc1. The van der Waals surface area contributed by atoms with E-state index in [1.54, 1.807) is 31.2 Å². The summed E-state index contributed by atoms with van der Waals surface area (Å²) in [5.41, 5.74) is 6.14. The van der Waals surface area contributed by atoms with Crippen molar-refractivity contribution in [3.63, 3.8) is 0 Å². The number of hydrogen-bond acceptors (Lipinski definition) is 5. The highest BCUT2D eigenvalue weighted by atomic mass is 16.6. The van der Waals surface area contributed by atoms with Crippen LogP contribution in [-0.4, -0.2) is 30.9 Å². The zero-order chi connectivity index (χ0) is 12.7. The molecular weight excluding hydrogens is 222 g/mol. The second-order valence-corrected chi connectivity index (χ2v) is 3.83. The molecular formula is C12H17NO4. The molecule has 0 amide bonds. The lowest BCUT2D eigenvalue weighted by Crippen LogP contribution is -2.19. The molecule has 1 unspecified atom stereocenters. The fraction of sp³-hybridized carbons (Fsp3) is 0.417. The molecule has 1 aromatic rings. The maximum atomic E-state index is 11.3. The third-order valence-electron chi connectivity index (χ3n) is 2.08. The molecule has 0 saturated carbocycles. The molecule has 0 aromatic heterocycles. The number of benzene rings is 1. The van der Waals surface area contributed by atoms with Crippen LogP contribution in [0, 0.1) is 5.92 Å². The van der Waals surface area contributed by atoms with Gasteiger partial charge in [0, 0.05) is 18.2 Å². The molecule has 5 nitrogen and oxygen atoms in total. The number of nitrogens with two attached hydrogens (primary N) is 1. The van der Waals surface area contributed by atoms with Gasteiger partial charge in [-0.3, -0.25) is 0 Å². The van der Waals surface area contributed by atoms with Gasteiger partial charge in [-0.2, -0.15) is 0 Å². The van der Waals surface area contributed by atoms with E-state index in [0.717, 1.165) is 0 Å². The lowest BCUT2D eigenvalue weighted by Gasteiger charge is -2.10. The molecule has 0 aliphatic rings. The number of anilines is 1. The molecule has 0 spiro atoms. The van der Waals surface area contributed by atoms with Gasteiger partial charge in [-0.05, 0) is 24.3 Å². The van der Waals surface area contributed by atoms with Crippen LogP contribution in [0.3, 0.4) is 0 Å². The number of esters is 1. The normalized spacial score (nSPS) is 11.9. The van der Waals surface area contributed by atoms with Crippen LogP contribution < -0.4 is 10.5 Å². The third-order valence-corrected chi connectivity index (χ3v) is 2.08. The van der Waals surface area contributed by atoms with Gasteiger partial charge in [-0.25, -0.2) is 4.79 Å². The smallest absolute Gasteiger partial charge is 0.344 e. The molecule has 3 N–H and O–H groups in total. The summed E-state index contributed by atoms with van der Waals surface area (Å²) in [7, 11) is 0. The van der Waals surface area contributed by atoms with E-state index in [0.29, 0.717) is 11.4 Å². The molecule has 1 aromatic carbocycles. The number of aliphatic hydroxyl groups is 1. The standard InChI is InChI=1S/C12H17NO4/c1-9(6-14)7-17-12(15)8-16-11-4-2-10(13)3-5-11/h2-5,9,14H,6-8,13H2,1H3. The Morgan fingerprint density at radius 2 is 2.06 bits per heavy atom. The molecule has 0 saturated heterocycles. The number of aliphatic hydroxyl groups excluding tert-OH is 1. The van der Waals surface area contributed by atoms with E-state index in [2.05, 4.69) is 0 Å². The van der Waals surface area contributed by atoms with Crippen molar-refractivity contribution < 1.29 is 19.4 Å². The van der Waals surface area contributed by atoms with Crippen molar-refractivity contribution in [1.82, 2.24) is 0 Å². The minimum Gasteiger partial charge on any atom is -0.482 e. The Kier molecular flexibility index (Phi) is 5.29. The first-order valence-electron chi connectivity index (χ1n) is 5.36. The first kappa shape index (κ1) is 13.3. The fourth-order valence-corrected chi connectivity index (χ4v) is 1.04. The molecule has 0 bridgehead atoms. The Balaban J connectivity index is 2.26. The zero-order valence-corrected chi connectivity index (χ0v) is 9.76. The number of rotatable bonds is 6. The molecule has 0 aliphatic heterocycles. The summed E-state index contributed by atoms with van der Waals surface area (Å²) in [5.74, 6) is 0.0453. The largest absolute Gasteiger partial charge is 0.482 e. The molecule has 17 heavy (non-hydrogen) atoms. The van der Waals surface area contributed by atoms with Crippen molar-refractivity contribution in [2.24, 2.45) is 5.92 Å². The monoisotopic (exact) mass is 239 g/mol. The third kappa shape index (κ3) is 5.21. The molecule has 0 aliphatic carbocycles. The van der Waals surface area contributed by atoms with Gasteiger partial charge in [-0.15, -0.1) is 0 Å². The highest BCUT2D eigenvalue weighted by molar-refractivity contribution is 5.71. The Bertz CT molecular complexity index is 350. The number of ether oxygens (including phenoxy) is 2. The first-order chi connectivity index (χ1) is 8.11. The number of nitrogen functional groups attached to an aromatic ring is 1. The molecule has 5 heteroatoms. The Morgan fingerprint density at radius 3 is 2.65 bits per heavy atom. The highest BCUT2D eigenvalue weighted by Gasteiger charge is 2.07. The average Bonchev–Trinajstić information content (AvgIpc) is 2.35. The van der Waals surface area contributed by atoms with Gasteiger partial charge in [0.2, 0.25) is 0 Å². The van der Waals surface area contributed by atoms with Crippen LogP contribution in [0.15, 0.2) is 24.3 Å². The van der Waals surface area contributed by atoms with Crippen LogP contribution >= 0.6 is 0 Å². The predicted molar refractivity (Wildman–Crippen MR) is 63.6 cm³/mol. The van der Waals surface area contributed by atoms with Crippen LogP contribution in [0.4, 0.5) is 5.69 Å².